The van der Waals surface area contributed by atoms with Gasteiger partial charge < -0.3 is 25.5 Å². The van der Waals surface area contributed by atoms with Crippen LogP contribution in [0.2, 0.25) is 5.02 Å². The number of halogens is 1. The maximum atomic E-state index is 13.3. The molecule has 7 heteroatoms. The second-order valence-corrected chi connectivity index (χ2v) is 10.5. The summed E-state index contributed by atoms with van der Waals surface area (Å²) in [4.78, 5) is 15.4. The molecule has 2 aliphatic heterocycles. The van der Waals surface area contributed by atoms with E-state index in [4.69, 9.17) is 21.7 Å². The van der Waals surface area contributed by atoms with Crippen LogP contribution in [0.25, 0.3) is 0 Å². The van der Waals surface area contributed by atoms with Gasteiger partial charge in [0.1, 0.15) is 5.75 Å². The van der Waals surface area contributed by atoms with Crippen molar-refractivity contribution in [1.82, 2.24) is 4.90 Å². The molecule has 1 amide bonds. The van der Waals surface area contributed by atoms with Crippen molar-refractivity contribution in [1.29, 1.82) is 5.41 Å². The minimum absolute atomic E-state index is 0.0992. The molecular formula is C24H32ClN3O3. The first-order chi connectivity index (χ1) is 14.8. The highest BCUT2D eigenvalue weighted by atomic mass is 35.5. The summed E-state index contributed by atoms with van der Waals surface area (Å²) >= 11 is 6.67. The summed E-state index contributed by atoms with van der Waals surface area (Å²) in [6.45, 7) is 1.93. The lowest BCUT2D eigenvalue weighted by atomic mass is 9.61. The van der Waals surface area contributed by atoms with E-state index in [1.807, 2.05) is 31.0 Å². The fourth-order valence-corrected chi connectivity index (χ4v) is 6.50. The van der Waals surface area contributed by atoms with Crippen molar-refractivity contribution in [2.24, 2.45) is 11.8 Å². The number of carbonyl (C=O) groups is 1. The maximum absolute atomic E-state index is 13.3. The molecule has 3 atom stereocenters. The van der Waals surface area contributed by atoms with Gasteiger partial charge in [-0.1, -0.05) is 18.5 Å². The van der Waals surface area contributed by atoms with E-state index < -0.39 is 5.60 Å². The first kappa shape index (κ1) is 21.1. The molecule has 3 N–H and O–H groups in total. The van der Waals surface area contributed by atoms with Gasteiger partial charge in [0.25, 0.3) is 0 Å². The molecular weight excluding hydrogens is 414 g/mol. The summed E-state index contributed by atoms with van der Waals surface area (Å²) in [5, 5.41) is 23.2. The normalized spacial score (nSPS) is 32.1. The highest BCUT2D eigenvalue weighted by Gasteiger charge is 2.55. The molecule has 0 radical (unpaired) electrons. The number of rotatable bonds is 7. The van der Waals surface area contributed by atoms with Crippen molar-refractivity contribution in [3.63, 3.8) is 0 Å². The Kier molecular flexibility index (Phi) is 5.21. The molecule has 2 heterocycles. The number of nitrogens with zero attached hydrogens (tertiary/aromatic N) is 1. The van der Waals surface area contributed by atoms with Crippen molar-refractivity contribution in [2.75, 3.05) is 12.4 Å². The Hall–Kier alpha value is -1.79. The second-order valence-electron chi connectivity index (χ2n) is 10.2. The van der Waals surface area contributed by atoms with E-state index in [1.54, 1.807) is 0 Å². The first-order valence-corrected chi connectivity index (χ1v) is 11.9. The van der Waals surface area contributed by atoms with Gasteiger partial charge in [-0.3, -0.25) is 4.79 Å². The second kappa shape index (κ2) is 7.66. The Morgan fingerprint density at radius 1 is 1.32 bits per heavy atom. The molecule has 31 heavy (non-hydrogen) atoms. The molecule has 0 aromatic heterocycles. The van der Waals surface area contributed by atoms with Crippen molar-refractivity contribution in [2.45, 2.75) is 82.1 Å². The van der Waals surface area contributed by atoms with Gasteiger partial charge in [0.2, 0.25) is 5.91 Å². The van der Waals surface area contributed by atoms with E-state index in [2.05, 4.69) is 5.32 Å². The molecule has 5 aliphatic rings. The topological polar surface area (TPSA) is 85.7 Å². The van der Waals surface area contributed by atoms with E-state index >= 15 is 0 Å². The maximum Gasteiger partial charge on any atom is 0.223 e. The molecule has 6 nitrogen and oxygen atoms in total. The molecule has 6 rings (SSSR count). The molecule has 5 fully saturated rings. The quantitative estimate of drug-likeness (QED) is 0.548. The minimum atomic E-state index is -0.567. The van der Waals surface area contributed by atoms with Crippen LogP contribution in [0.3, 0.4) is 0 Å². The highest BCUT2D eigenvalue weighted by molar-refractivity contribution is 6.36. The standard InChI is InChI=1S/C24H32ClN3O3/c1-13(7-20(29)28-15-8-14-9-16(28)12-24(30,10-14)11-15)23(26)21-18(27-2)5-6-19(22(21)25)31-17-3-4-17/h5-6,13-17,26-27,30H,3-4,7-12H2,1-2H3. The van der Waals surface area contributed by atoms with Gasteiger partial charge in [-0.05, 0) is 63.0 Å². The van der Waals surface area contributed by atoms with Gasteiger partial charge in [-0.15, -0.1) is 0 Å². The van der Waals surface area contributed by atoms with Gasteiger partial charge >= 0.3 is 0 Å². The van der Waals surface area contributed by atoms with E-state index in [1.165, 1.54) is 0 Å². The van der Waals surface area contributed by atoms with Crippen LogP contribution < -0.4 is 10.1 Å². The van der Waals surface area contributed by atoms with E-state index in [0.717, 1.165) is 37.8 Å². The Labute approximate surface area is 188 Å². The average Bonchev–Trinajstić information content (AvgIpc) is 3.51. The Morgan fingerprint density at radius 2 is 2.00 bits per heavy atom. The van der Waals surface area contributed by atoms with Gasteiger partial charge in [-0.25, -0.2) is 0 Å². The average molecular weight is 446 g/mol. The summed E-state index contributed by atoms with van der Waals surface area (Å²) in [6.07, 6.45) is 6.89. The zero-order chi connectivity index (χ0) is 21.9. The molecule has 3 unspecified atom stereocenters. The van der Waals surface area contributed by atoms with E-state index in [-0.39, 0.29) is 36.4 Å². The van der Waals surface area contributed by atoms with Crippen molar-refractivity contribution < 1.29 is 14.6 Å². The number of nitrogens with one attached hydrogen (secondary N) is 2. The van der Waals surface area contributed by atoms with Crippen LogP contribution in [-0.2, 0) is 4.79 Å². The molecule has 3 aliphatic carbocycles. The number of amides is 1. The van der Waals surface area contributed by atoms with Gasteiger partial charge in [-0.2, -0.15) is 0 Å². The third-order valence-electron chi connectivity index (χ3n) is 7.62. The summed E-state index contributed by atoms with van der Waals surface area (Å²) < 4.78 is 5.92. The molecule has 1 aromatic rings. The number of aliphatic hydroxyl groups is 1. The predicted octanol–water partition coefficient (Wildman–Crippen LogP) is 4.22. The van der Waals surface area contributed by atoms with Crippen LogP contribution in [0.15, 0.2) is 12.1 Å². The minimum Gasteiger partial charge on any atom is -0.489 e. The fraction of sp³-hybridized carbons (Fsp3) is 0.667. The predicted molar refractivity (Wildman–Crippen MR) is 121 cm³/mol. The SMILES string of the molecule is CNc1ccc(OC2CC2)c(Cl)c1C(=N)C(C)CC(=O)N1C2CC3CC1CC(O)(C3)C2. The van der Waals surface area contributed by atoms with E-state index in [0.29, 0.717) is 40.8 Å². The van der Waals surface area contributed by atoms with Gasteiger partial charge in [0.15, 0.2) is 0 Å². The molecule has 3 saturated carbocycles. The number of hydrogen-bond donors (Lipinski definition) is 3. The van der Waals surface area contributed by atoms with Crippen molar-refractivity contribution >= 4 is 28.9 Å². The molecule has 0 spiro atoms. The number of benzene rings is 1. The summed E-state index contributed by atoms with van der Waals surface area (Å²) in [6, 6.07) is 4.04. The highest BCUT2D eigenvalue weighted by Crippen LogP contribution is 2.51. The third kappa shape index (κ3) is 3.82. The lowest BCUT2D eigenvalue weighted by Gasteiger charge is -2.59. The molecule has 1 aromatic carbocycles. The van der Waals surface area contributed by atoms with Crippen LogP contribution >= 0.6 is 11.6 Å². The summed E-state index contributed by atoms with van der Waals surface area (Å²) in [5.74, 6) is 0.990. The number of ether oxygens (including phenoxy) is 1. The summed E-state index contributed by atoms with van der Waals surface area (Å²) in [7, 11) is 1.81. The van der Waals surface area contributed by atoms with Gasteiger partial charge in [0, 0.05) is 48.4 Å². The Balaban J connectivity index is 1.32. The molecule has 168 valence electrons. The number of hydrogen-bond acceptors (Lipinski definition) is 5. The summed E-state index contributed by atoms with van der Waals surface area (Å²) in [5.41, 5.74) is 1.18. The van der Waals surface area contributed by atoms with E-state index in [9.17, 15) is 9.90 Å². The molecule has 4 bridgehead atoms. The van der Waals surface area contributed by atoms with Crippen LogP contribution in [0.4, 0.5) is 5.69 Å². The lowest BCUT2D eigenvalue weighted by molar-refractivity contribution is -0.175. The third-order valence-corrected chi connectivity index (χ3v) is 8.00. The Morgan fingerprint density at radius 3 is 2.58 bits per heavy atom. The monoisotopic (exact) mass is 445 g/mol. The molecule has 2 saturated heterocycles. The van der Waals surface area contributed by atoms with Crippen LogP contribution in [0.5, 0.6) is 5.75 Å². The van der Waals surface area contributed by atoms with Gasteiger partial charge in [0.05, 0.1) is 16.7 Å². The first-order valence-electron chi connectivity index (χ1n) is 11.6. The van der Waals surface area contributed by atoms with Crippen LogP contribution in [-0.4, -0.2) is 52.5 Å². The number of anilines is 1. The van der Waals surface area contributed by atoms with Crippen molar-refractivity contribution in [3.05, 3.63) is 22.7 Å². The largest absolute Gasteiger partial charge is 0.489 e. The fourth-order valence-electron chi connectivity index (χ4n) is 6.19. The van der Waals surface area contributed by atoms with Crippen molar-refractivity contribution in [3.8, 4) is 5.75 Å². The zero-order valence-corrected chi connectivity index (χ0v) is 19.0. The zero-order valence-electron chi connectivity index (χ0n) is 18.3. The number of piperidine rings is 2. The Bertz CT molecular complexity index is 900. The van der Waals surface area contributed by atoms with Crippen LogP contribution in [0, 0.1) is 17.2 Å². The van der Waals surface area contributed by atoms with Crippen LogP contribution in [0.1, 0.15) is 63.9 Å². The smallest absolute Gasteiger partial charge is 0.223 e. The number of carbonyl (C=O) groups excluding carboxylic acids is 1. The lowest BCUT2D eigenvalue weighted by Crippen LogP contribution is -2.65.